The topological polar surface area (TPSA) is 15.8 Å². The highest BCUT2D eigenvalue weighted by atomic mass is 14.7. The molecular formula is C9H14N. The number of hydrogen-bond acceptors (Lipinski definition) is 0. The van der Waals surface area contributed by atoms with Crippen molar-refractivity contribution in [2.75, 3.05) is 0 Å². The molecule has 0 aromatic carbocycles. The summed E-state index contributed by atoms with van der Waals surface area (Å²) in [6.45, 7) is 2.21. The maximum Gasteiger partial charge on any atom is 0.0185 e. The molecule has 1 radical (unpaired) electrons. The Morgan fingerprint density at radius 1 is 1.60 bits per heavy atom. The van der Waals surface area contributed by atoms with Crippen molar-refractivity contribution in [1.82, 2.24) is 4.98 Å². The number of hydrogen-bond donors (Lipinski definition) is 1. The van der Waals surface area contributed by atoms with Gasteiger partial charge in [0.05, 0.1) is 0 Å². The van der Waals surface area contributed by atoms with E-state index in [4.69, 9.17) is 0 Å². The molecule has 0 saturated heterocycles. The highest BCUT2D eigenvalue weighted by Crippen LogP contribution is 2.05. The number of nitrogens with one attached hydrogen (secondary N) is 1. The summed E-state index contributed by atoms with van der Waals surface area (Å²) in [5, 5.41) is 0. The molecular weight excluding hydrogens is 122 g/mol. The van der Waals surface area contributed by atoms with Crippen LogP contribution in [0.1, 0.15) is 31.9 Å². The van der Waals surface area contributed by atoms with Crippen LogP contribution < -0.4 is 0 Å². The van der Waals surface area contributed by atoms with Crippen molar-refractivity contribution in [3.63, 3.8) is 0 Å². The van der Waals surface area contributed by atoms with Gasteiger partial charge in [-0.05, 0) is 18.6 Å². The first-order valence-corrected chi connectivity index (χ1v) is 3.90. The summed E-state index contributed by atoms with van der Waals surface area (Å²) in [4.78, 5) is 3.14. The second kappa shape index (κ2) is 4.15. The quantitative estimate of drug-likeness (QED) is 0.612. The van der Waals surface area contributed by atoms with E-state index in [-0.39, 0.29) is 0 Å². The number of aromatic amines is 1. The summed E-state index contributed by atoms with van der Waals surface area (Å²) in [6, 6.07) is 4.12. The van der Waals surface area contributed by atoms with Crippen molar-refractivity contribution < 1.29 is 0 Å². The Hall–Kier alpha value is -0.720. The average Bonchev–Trinajstić information content (AvgIpc) is 2.41. The molecule has 0 amide bonds. The Morgan fingerprint density at radius 3 is 3.10 bits per heavy atom. The Labute approximate surface area is 62.5 Å². The van der Waals surface area contributed by atoms with Gasteiger partial charge in [0.2, 0.25) is 0 Å². The van der Waals surface area contributed by atoms with E-state index in [1.807, 2.05) is 12.3 Å². The Balaban J connectivity index is 2.15. The normalized spacial score (nSPS) is 10.1. The third kappa shape index (κ3) is 2.26. The second-order valence-electron chi connectivity index (χ2n) is 2.47. The van der Waals surface area contributed by atoms with Crippen molar-refractivity contribution in [2.24, 2.45) is 0 Å². The predicted molar refractivity (Wildman–Crippen MR) is 43.7 cm³/mol. The van der Waals surface area contributed by atoms with Crippen molar-refractivity contribution in [1.29, 1.82) is 0 Å². The molecule has 0 aliphatic carbocycles. The molecule has 0 spiro atoms. The number of aromatic nitrogens is 1. The SMILES string of the molecule is CCCC[CH]c1ccc[nH]1. The van der Waals surface area contributed by atoms with Gasteiger partial charge in [0.25, 0.3) is 0 Å². The van der Waals surface area contributed by atoms with Crippen molar-refractivity contribution in [3.8, 4) is 0 Å². The van der Waals surface area contributed by atoms with Crippen LogP contribution in [0.15, 0.2) is 18.3 Å². The van der Waals surface area contributed by atoms with Gasteiger partial charge < -0.3 is 4.98 Å². The summed E-state index contributed by atoms with van der Waals surface area (Å²) < 4.78 is 0. The van der Waals surface area contributed by atoms with Gasteiger partial charge >= 0.3 is 0 Å². The fourth-order valence-electron chi connectivity index (χ4n) is 0.933. The molecule has 0 unspecified atom stereocenters. The Bertz CT molecular complexity index is 153. The number of rotatable bonds is 4. The molecule has 1 N–H and O–H groups in total. The zero-order valence-corrected chi connectivity index (χ0v) is 6.43. The van der Waals surface area contributed by atoms with Crippen LogP contribution in [0.25, 0.3) is 0 Å². The molecule has 0 bridgehead atoms. The standard InChI is InChI=1S/C9H14N/c1-2-3-4-6-9-7-5-8-10-9/h5-8,10H,2-4H2,1H3. The highest BCUT2D eigenvalue weighted by Gasteiger charge is 1.90. The second-order valence-corrected chi connectivity index (χ2v) is 2.47. The van der Waals surface area contributed by atoms with E-state index in [2.05, 4.69) is 24.4 Å². The molecule has 1 nitrogen and oxygen atoms in total. The molecule has 55 valence electrons. The van der Waals surface area contributed by atoms with E-state index in [0.717, 1.165) is 0 Å². The molecule has 1 rings (SSSR count). The molecule has 0 aliphatic heterocycles. The smallest absolute Gasteiger partial charge is 0.0185 e. The third-order valence-electron chi connectivity index (χ3n) is 1.54. The molecule has 1 heteroatoms. The fraction of sp³-hybridized carbons (Fsp3) is 0.444. The lowest BCUT2D eigenvalue weighted by Gasteiger charge is -1.93. The monoisotopic (exact) mass is 136 g/mol. The van der Waals surface area contributed by atoms with Crippen LogP contribution in [0.2, 0.25) is 0 Å². The lowest BCUT2D eigenvalue weighted by Crippen LogP contribution is -1.80. The van der Waals surface area contributed by atoms with Gasteiger partial charge in [-0.3, -0.25) is 0 Å². The summed E-state index contributed by atoms with van der Waals surface area (Å²) in [7, 11) is 0. The van der Waals surface area contributed by atoms with Gasteiger partial charge in [0.15, 0.2) is 0 Å². The third-order valence-corrected chi connectivity index (χ3v) is 1.54. The summed E-state index contributed by atoms with van der Waals surface area (Å²) >= 11 is 0. The molecule has 0 atom stereocenters. The largest absolute Gasteiger partial charge is 0.365 e. The lowest BCUT2D eigenvalue weighted by atomic mass is 10.2. The molecule has 1 aromatic heterocycles. The van der Waals surface area contributed by atoms with Crippen molar-refractivity contribution >= 4 is 0 Å². The van der Waals surface area contributed by atoms with Crippen LogP contribution >= 0.6 is 0 Å². The van der Waals surface area contributed by atoms with Gasteiger partial charge in [0, 0.05) is 18.3 Å². The van der Waals surface area contributed by atoms with E-state index in [9.17, 15) is 0 Å². The number of H-pyrrole nitrogens is 1. The highest BCUT2D eigenvalue weighted by molar-refractivity contribution is 5.12. The van der Waals surface area contributed by atoms with Gasteiger partial charge in [-0.25, -0.2) is 0 Å². The maximum absolute atomic E-state index is 3.14. The van der Waals surface area contributed by atoms with Gasteiger partial charge in [-0.2, -0.15) is 0 Å². The van der Waals surface area contributed by atoms with E-state index in [1.54, 1.807) is 0 Å². The molecule has 0 aliphatic rings. The molecule has 0 fully saturated rings. The van der Waals surface area contributed by atoms with Crippen LogP contribution in [0.4, 0.5) is 0 Å². The minimum absolute atomic E-state index is 1.19. The van der Waals surface area contributed by atoms with E-state index in [1.165, 1.54) is 25.0 Å². The summed E-state index contributed by atoms with van der Waals surface area (Å²) in [5.74, 6) is 0. The Kier molecular flexibility index (Phi) is 3.07. The van der Waals surface area contributed by atoms with Crippen LogP contribution in [-0.4, -0.2) is 4.98 Å². The van der Waals surface area contributed by atoms with Gasteiger partial charge in [-0.1, -0.05) is 19.8 Å². The van der Waals surface area contributed by atoms with Crippen LogP contribution in [0, 0.1) is 6.42 Å². The van der Waals surface area contributed by atoms with Crippen LogP contribution in [0.5, 0.6) is 0 Å². The van der Waals surface area contributed by atoms with E-state index < -0.39 is 0 Å². The first kappa shape index (κ1) is 7.39. The minimum atomic E-state index is 1.19. The number of unbranched alkanes of at least 4 members (excludes halogenated alkanes) is 2. The first-order chi connectivity index (χ1) is 4.93. The first-order valence-electron chi connectivity index (χ1n) is 3.90. The molecule has 1 aromatic rings. The average molecular weight is 136 g/mol. The summed E-state index contributed by atoms with van der Waals surface area (Å²) in [6.07, 6.45) is 7.95. The lowest BCUT2D eigenvalue weighted by molar-refractivity contribution is 0.787. The molecule has 10 heavy (non-hydrogen) atoms. The maximum atomic E-state index is 3.14. The zero-order valence-electron chi connectivity index (χ0n) is 6.43. The summed E-state index contributed by atoms with van der Waals surface area (Å²) in [5.41, 5.74) is 1.24. The van der Waals surface area contributed by atoms with Gasteiger partial charge in [0.1, 0.15) is 0 Å². The minimum Gasteiger partial charge on any atom is -0.365 e. The van der Waals surface area contributed by atoms with Crippen LogP contribution in [-0.2, 0) is 0 Å². The fourth-order valence-corrected chi connectivity index (χ4v) is 0.933. The van der Waals surface area contributed by atoms with E-state index in [0.29, 0.717) is 0 Å². The Morgan fingerprint density at radius 2 is 2.50 bits per heavy atom. The van der Waals surface area contributed by atoms with Crippen molar-refractivity contribution in [2.45, 2.75) is 26.2 Å². The molecule has 0 saturated carbocycles. The van der Waals surface area contributed by atoms with E-state index >= 15 is 0 Å². The van der Waals surface area contributed by atoms with Crippen LogP contribution in [0.3, 0.4) is 0 Å². The molecule has 1 heterocycles. The van der Waals surface area contributed by atoms with Crippen molar-refractivity contribution in [3.05, 3.63) is 30.4 Å². The van der Waals surface area contributed by atoms with Gasteiger partial charge in [-0.15, -0.1) is 0 Å². The zero-order chi connectivity index (χ0) is 7.23. The predicted octanol–water partition coefficient (Wildman–Crippen LogP) is 2.76.